The van der Waals surface area contributed by atoms with Gasteiger partial charge in [0.1, 0.15) is 5.82 Å². The molecule has 1 aromatic carbocycles. The maximum atomic E-state index is 13.0. The number of aliphatic hydroxyl groups is 2. The second-order valence-corrected chi connectivity index (χ2v) is 5.40. The lowest BCUT2D eigenvalue weighted by molar-refractivity contribution is 0.0958. The smallest absolute Gasteiger partial charge is 0.124 e. The van der Waals surface area contributed by atoms with Gasteiger partial charge in [-0.3, -0.25) is 0 Å². The van der Waals surface area contributed by atoms with Crippen molar-refractivity contribution >= 4 is 15.9 Å². The average molecular weight is 291 g/mol. The Morgan fingerprint density at radius 3 is 2.44 bits per heavy atom. The zero-order chi connectivity index (χ0) is 12.3. The first-order valence-corrected chi connectivity index (χ1v) is 5.88. The Balaban J connectivity index is 3.14. The Hall–Kier alpha value is -0.450. The normalized spacial score (nSPS) is 13.9. The molecule has 0 bridgehead atoms. The highest BCUT2D eigenvalue weighted by atomic mass is 79.9. The van der Waals surface area contributed by atoms with Crippen molar-refractivity contribution in [3.63, 3.8) is 0 Å². The second kappa shape index (κ2) is 5.25. The van der Waals surface area contributed by atoms with Crippen molar-refractivity contribution in [2.45, 2.75) is 19.8 Å². The van der Waals surface area contributed by atoms with E-state index < -0.39 is 5.41 Å². The predicted molar refractivity (Wildman–Crippen MR) is 64.8 cm³/mol. The number of rotatable bonds is 4. The molecule has 0 heterocycles. The highest BCUT2D eigenvalue weighted by Gasteiger charge is 2.31. The van der Waals surface area contributed by atoms with Crippen LogP contribution in [0.2, 0.25) is 0 Å². The van der Waals surface area contributed by atoms with Crippen LogP contribution in [-0.4, -0.2) is 23.4 Å². The molecule has 0 saturated heterocycles. The highest BCUT2D eigenvalue weighted by Crippen LogP contribution is 2.38. The first-order valence-electron chi connectivity index (χ1n) is 5.09. The average Bonchev–Trinajstić information content (AvgIpc) is 2.22. The zero-order valence-corrected chi connectivity index (χ0v) is 11.0. The number of halogens is 2. The second-order valence-electron chi connectivity index (χ2n) is 4.55. The summed E-state index contributed by atoms with van der Waals surface area (Å²) >= 11 is 3.28. The quantitative estimate of drug-likeness (QED) is 0.895. The molecular weight excluding hydrogens is 275 g/mol. The van der Waals surface area contributed by atoms with Crippen molar-refractivity contribution in [2.24, 2.45) is 5.41 Å². The maximum absolute atomic E-state index is 13.0. The molecule has 0 amide bonds. The van der Waals surface area contributed by atoms with Crippen LogP contribution in [-0.2, 0) is 0 Å². The summed E-state index contributed by atoms with van der Waals surface area (Å²) in [6.45, 7) is 3.60. The van der Waals surface area contributed by atoms with Crippen LogP contribution in [0.4, 0.5) is 4.39 Å². The minimum Gasteiger partial charge on any atom is -0.396 e. The molecular formula is C12H16BrFO2. The highest BCUT2D eigenvalue weighted by molar-refractivity contribution is 9.10. The molecule has 2 nitrogen and oxygen atoms in total. The van der Waals surface area contributed by atoms with Gasteiger partial charge in [-0.2, -0.15) is 0 Å². The number of benzene rings is 1. The summed E-state index contributed by atoms with van der Waals surface area (Å²) in [7, 11) is 0. The van der Waals surface area contributed by atoms with Gasteiger partial charge in [0.2, 0.25) is 0 Å². The van der Waals surface area contributed by atoms with Gasteiger partial charge < -0.3 is 10.2 Å². The molecule has 0 saturated carbocycles. The lowest BCUT2D eigenvalue weighted by Crippen LogP contribution is -2.29. The Morgan fingerprint density at radius 2 is 2.00 bits per heavy atom. The van der Waals surface area contributed by atoms with Crippen LogP contribution >= 0.6 is 15.9 Å². The molecule has 0 fully saturated rings. The van der Waals surface area contributed by atoms with E-state index >= 15 is 0 Å². The minimum atomic E-state index is -0.449. The van der Waals surface area contributed by atoms with Crippen LogP contribution in [0, 0.1) is 11.2 Å². The van der Waals surface area contributed by atoms with Gasteiger partial charge in [-0.15, -0.1) is 0 Å². The van der Waals surface area contributed by atoms with E-state index in [9.17, 15) is 14.6 Å². The predicted octanol–water partition coefficient (Wildman–Crippen LogP) is 2.68. The molecule has 2 N–H and O–H groups in total. The van der Waals surface area contributed by atoms with Crippen LogP contribution < -0.4 is 0 Å². The van der Waals surface area contributed by atoms with Crippen molar-refractivity contribution in [3.8, 4) is 0 Å². The fourth-order valence-electron chi connectivity index (χ4n) is 1.66. The third-order valence-corrected chi connectivity index (χ3v) is 3.56. The van der Waals surface area contributed by atoms with Crippen molar-refractivity contribution in [1.29, 1.82) is 0 Å². The van der Waals surface area contributed by atoms with Crippen molar-refractivity contribution in [2.75, 3.05) is 13.2 Å². The molecule has 0 spiro atoms. The fraction of sp³-hybridized carbons (Fsp3) is 0.500. The Labute approximate surface area is 103 Å². The molecule has 0 aliphatic carbocycles. The Morgan fingerprint density at radius 1 is 1.38 bits per heavy atom. The molecule has 0 aliphatic rings. The van der Waals surface area contributed by atoms with Gasteiger partial charge in [-0.25, -0.2) is 4.39 Å². The summed E-state index contributed by atoms with van der Waals surface area (Å²) in [5.41, 5.74) is 0.359. The van der Waals surface area contributed by atoms with Gasteiger partial charge in [-0.1, -0.05) is 35.8 Å². The molecule has 1 rings (SSSR count). The number of hydrogen-bond donors (Lipinski definition) is 2. The molecule has 0 aromatic heterocycles. The van der Waals surface area contributed by atoms with Gasteiger partial charge in [0, 0.05) is 17.0 Å². The van der Waals surface area contributed by atoms with Gasteiger partial charge in [0.05, 0.1) is 6.61 Å². The number of aliphatic hydroxyl groups excluding tert-OH is 2. The molecule has 4 heteroatoms. The third kappa shape index (κ3) is 2.81. The van der Waals surface area contributed by atoms with Crippen LogP contribution in [0.5, 0.6) is 0 Å². The molecule has 1 aromatic rings. The van der Waals surface area contributed by atoms with Gasteiger partial charge in [-0.05, 0) is 23.1 Å². The van der Waals surface area contributed by atoms with E-state index in [1.165, 1.54) is 12.1 Å². The van der Waals surface area contributed by atoms with E-state index in [0.29, 0.717) is 4.47 Å². The Bertz CT molecular complexity index is 366. The van der Waals surface area contributed by atoms with E-state index in [1.54, 1.807) is 6.07 Å². The molecule has 16 heavy (non-hydrogen) atoms. The molecule has 90 valence electrons. The van der Waals surface area contributed by atoms with Crippen molar-refractivity contribution < 1.29 is 14.6 Å². The topological polar surface area (TPSA) is 40.5 Å². The maximum Gasteiger partial charge on any atom is 0.124 e. The van der Waals surface area contributed by atoms with Crippen LogP contribution in [0.25, 0.3) is 0 Å². The van der Waals surface area contributed by atoms with Crippen LogP contribution in [0.3, 0.4) is 0 Å². The molecule has 0 aliphatic heterocycles. The number of hydrogen-bond acceptors (Lipinski definition) is 2. The summed E-state index contributed by atoms with van der Waals surface area (Å²) in [6, 6.07) is 4.36. The molecule has 1 atom stereocenters. The van der Waals surface area contributed by atoms with Crippen LogP contribution in [0.1, 0.15) is 25.3 Å². The van der Waals surface area contributed by atoms with E-state index in [4.69, 9.17) is 0 Å². The summed E-state index contributed by atoms with van der Waals surface area (Å²) in [4.78, 5) is 0. The monoisotopic (exact) mass is 290 g/mol. The SMILES string of the molecule is CC(C)(CO)C(CO)c1ccc(F)cc1Br. The van der Waals surface area contributed by atoms with Gasteiger partial charge >= 0.3 is 0 Å². The summed E-state index contributed by atoms with van der Waals surface area (Å²) in [6.07, 6.45) is 0. The van der Waals surface area contributed by atoms with Gasteiger partial charge in [0.15, 0.2) is 0 Å². The van der Waals surface area contributed by atoms with E-state index in [0.717, 1.165) is 5.56 Å². The van der Waals surface area contributed by atoms with E-state index in [-0.39, 0.29) is 24.9 Å². The molecule has 1 unspecified atom stereocenters. The lowest BCUT2D eigenvalue weighted by atomic mass is 9.76. The van der Waals surface area contributed by atoms with E-state index in [2.05, 4.69) is 15.9 Å². The van der Waals surface area contributed by atoms with Gasteiger partial charge in [0.25, 0.3) is 0 Å². The Kier molecular flexibility index (Phi) is 4.47. The first kappa shape index (κ1) is 13.6. The van der Waals surface area contributed by atoms with Crippen LogP contribution in [0.15, 0.2) is 22.7 Å². The largest absolute Gasteiger partial charge is 0.396 e. The minimum absolute atomic E-state index is 0.0396. The summed E-state index contributed by atoms with van der Waals surface area (Å²) < 4.78 is 13.6. The standard InChI is InChI=1S/C12H16BrFO2/c1-12(2,7-16)10(6-15)9-4-3-8(14)5-11(9)13/h3-5,10,15-16H,6-7H2,1-2H3. The molecule has 0 radical (unpaired) electrons. The summed E-state index contributed by atoms with van der Waals surface area (Å²) in [5.74, 6) is -0.554. The fourth-order valence-corrected chi connectivity index (χ4v) is 2.29. The third-order valence-electron chi connectivity index (χ3n) is 2.87. The lowest BCUT2D eigenvalue weighted by Gasteiger charge is -2.32. The van der Waals surface area contributed by atoms with Crippen molar-refractivity contribution in [3.05, 3.63) is 34.1 Å². The first-order chi connectivity index (χ1) is 7.42. The van der Waals surface area contributed by atoms with Crippen molar-refractivity contribution in [1.82, 2.24) is 0 Å². The van der Waals surface area contributed by atoms with E-state index in [1.807, 2.05) is 13.8 Å². The summed E-state index contributed by atoms with van der Waals surface area (Å²) in [5, 5.41) is 18.7. The zero-order valence-electron chi connectivity index (χ0n) is 9.37.